The van der Waals surface area contributed by atoms with Gasteiger partial charge >= 0.3 is 0 Å². The van der Waals surface area contributed by atoms with Crippen LogP contribution in [-0.4, -0.2) is 33.6 Å². The molecule has 0 aliphatic carbocycles. The van der Waals surface area contributed by atoms with Crippen LogP contribution in [0.15, 0.2) is 60.7 Å². The zero-order valence-corrected chi connectivity index (χ0v) is 15.1. The molecule has 0 aromatic heterocycles. The Labute approximate surface area is 141 Å². The molecular formula is C20H31NO2. The third-order valence-electron chi connectivity index (χ3n) is 2.68. The highest BCUT2D eigenvalue weighted by Crippen LogP contribution is 2.17. The average Bonchev–Trinajstić information content (AvgIpc) is 2.58. The first-order valence-corrected chi connectivity index (χ1v) is 8.11. The molecule has 128 valence electrons. The van der Waals surface area contributed by atoms with Crippen molar-refractivity contribution in [3.05, 3.63) is 60.7 Å². The van der Waals surface area contributed by atoms with Crippen LogP contribution in [0.2, 0.25) is 0 Å². The largest absolute Gasteiger partial charge is 0.353 e. The Hall–Kier alpha value is -1.68. The summed E-state index contributed by atoms with van der Waals surface area (Å²) >= 11 is 0. The van der Waals surface area contributed by atoms with Crippen LogP contribution in [0.5, 0.6) is 0 Å². The molecule has 3 heteroatoms. The molecule has 0 aliphatic heterocycles. The van der Waals surface area contributed by atoms with Gasteiger partial charge in [-0.25, -0.2) is 0 Å². The zero-order chi connectivity index (χ0) is 17.3. The summed E-state index contributed by atoms with van der Waals surface area (Å²) in [6, 6.07) is 20.8. The van der Waals surface area contributed by atoms with Crippen LogP contribution in [-0.2, 0) is 9.47 Å². The van der Waals surface area contributed by atoms with Gasteiger partial charge in [0.25, 0.3) is 0 Å². The predicted octanol–water partition coefficient (Wildman–Crippen LogP) is 4.59. The standard InChI is InChI=1S/C12H10.C6H14O2.C2H7N/c1-3-7-11(8-4-1)12-9-5-2-6-10-12;1-4-7-6(3)8-5-2;1-3-2/h1-10H;6H,4-5H2,1-3H3;3H,1-2H3. The van der Waals surface area contributed by atoms with Crippen molar-refractivity contribution in [3.8, 4) is 11.1 Å². The Kier molecular flexibility index (Phi) is 14.1. The van der Waals surface area contributed by atoms with Crippen molar-refractivity contribution < 1.29 is 9.47 Å². The molecule has 0 fully saturated rings. The minimum atomic E-state index is -0.0370. The summed E-state index contributed by atoms with van der Waals surface area (Å²) in [6.45, 7) is 7.25. The third kappa shape index (κ3) is 11.5. The second kappa shape index (κ2) is 15.2. The van der Waals surface area contributed by atoms with E-state index in [1.54, 1.807) is 0 Å². The second-order valence-electron chi connectivity index (χ2n) is 4.71. The highest BCUT2D eigenvalue weighted by atomic mass is 16.7. The molecule has 2 aromatic rings. The lowest BCUT2D eigenvalue weighted by Crippen LogP contribution is -2.11. The maximum atomic E-state index is 5.06. The van der Waals surface area contributed by atoms with Crippen LogP contribution in [0.3, 0.4) is 0 Å². The number of hydrogen-bond donors (Lipinski definition) is 1. The van der Waals surface area contributed by atoms with Crippen molar-refractivity contribution in [1.82, 2.24) is 5.32 Å². The number of rotatable bonds is 5. The number of benzene rings is 2. The molecule has 0 atom stereocenters. The third-order valence-corrected chi connectivity index (χ3v) is 2.68. The molecule has 2 aromatic carbocycles. The predicted molar refractivity (Wildman–Crippen MR) is 99.6 cm³/mol. The van der Waals surface area contributed by atoms with E-state index in [9.17, 15) is 0 Å². The van der Waals surface area contributed by atoms with Gasteiger partial charge < -0.3 is 14.8 Å². The van der Waals surface area contributed by atoms with Crippen molar-refractivity contribution in [1.29, 1.82) is 0 Å². The fourth-order valence-electron chi connectivity index (χ4n) is 1.78. The number of ether oxygens (including phenoxy) is 2. The molecular weight excluding hydrogens is 286 g/mol. The highest BCUT2D eigenvalue weighted by molar-refractivity contribution is 5.62. The molecule has 0 radical (unpaired) electrons. The van der Waals surface area contributed by atoms with E-state index >= 15 is 0 Å². The highest BCUT2D eigenvalue weighted by Gasteiger charge is 1.94. The van der Waals surface area contributed by atoms with Crippen LogP contribution in [0.25, 0.3) is 11.1 Å². The zero-order valence-electron chi connectivity index (χ0n) is 15.1. The van der Waals surface area contributed by atoms with Gasteiger partial charge in [-0.05, 0) is 46.0 Å². The number of hydrogen-bond acceptors (Lipinski definition) is 3. The van der Waals surface area contributed by atoms with Crippen molar-refractivity contribution in [2.45, 2.75) is 27.1 Å². The molecule has 1 N–H and O–H groups in total. The van der Waals surface area contributed by atoms with Gasteiger partial charge in [0.1, 0.15) is 0 Å². The maximum Gasteiger partial charge on any atom is 0.154 e. The van der Waals surface area contributed by atoms with Crippen molar-refractivity contribution >= 4 is 0 Å². The Morgan fingerprint density at radius 1 is 0.739 bits per heavy atom. The van der Waals surface area contributed by atoms with Gasteiger partial charge in [0.15, 0.2) is 6.29 Å². The monoisotopic (exact) mass is 317 g/mol. The molecule has 0 spiro atoms. The van der Waals surface area contributed by atoms with Gasteiger partial charge in [0.2, 0.25) is 0 Å². The van der Waals surface area contributed by atoms with Gasteiger partial charge in [0.05, 0.1) is 0 Å². The Morgan fingerprint density at radius 3 is 1.30 bits per heavy atom. The summed E-state index contributed by atoms with van der Waals surface area (Å²) in [5, 5.41) is 2.75. The van der Waals surface area contributed by atoms with Gasteiger partial charge in [0, 0.05) is 13.2 Å². The topological polar surface area (TPSA) is 30.5 Å². The Morgan fingerprint density at radius 2 is 1.04 bits per heavy atom. The van der Waals surface area contributed by atoms with Crippen LogP contribution >= 0.6 is 0 Å². The molecule has 0 bridgehead atoms. The maximum absolute atomic E-state index is 5.06. The number of nitrogens with one attached hydrogen (secondary N) is 1. The fraction of sp³-hybridized carbons (Fsp3) is 0.400. The minimum absolute atomic E-state index is 0.0370. The normalized spacial score (nSPS) is 9.48. The van der Waals surface area contributed by atoms with E-state index in [4.69, 9.17) is 9.47 Å². The van der Waals surface area contributed by atoms with E-state index in [2.05, 4.69) is 53.8 Å². The Bertz CT molecular complexity index is 416. The summed E-state index contributed by atoms with van der Waals surface area (Å²) in [6.07, 6.45) is -0.0370. The summed E-state index contributed by atoms with van der Waals surface area (Å²) in [5.74, 6) is 0. The lowest BCUT2D eigenvalue weighted by atomic mass is 10.1. The quantitative estimate of drug-likeness (QED) is 0.818. The molecule has 2 rings (SSSR count). The molecule has 0 saturated heterocycles. The molecule has 3 nitrogen and oxygen atoms in total. The molecule has 0 saturated carbocycles. The summed E-state index contributed by atoms with van der Waals surface area (Å²) in [7, 11) is 3.75. The molecule has 0 heterocycles. The average molecular weight is 317 g/mol. The summed E-state index contributed by atoms with van der Waals surface area (Å²) in [4.78, 5) is 0. The van der Waals surface area contributed by atoms with Gasteiger partial charge in [-0.2, -0.15) is 0 Å². The van der Waals surface area contributed by atoms with Crippen LogP contribution in [0, 0.1) is 0 Å². The van der Waals surface area contributed by atoms with Crippen molar-refractivity contribution in [3.63, 3.8) is 0 Å². The Balaban J connectivity index is 0.000000385. The minimum Gasteiger partial charge on any atom is -0.353 e. The van der Waals surface area contributed by atoms with Crippen LogP contribution in [0.4, 0.5) is 0 Å². The van der Waals surface area contributed by atoms with E-state index in [0.29, 0.717) is 0 Å². The van der Waals surface area contributed by atoms with Crippen LogP contribution < -0.4 is 5.32 Å². The van der Waals surface area contributed by atoms with Crippen LogP contribution in [0.1, 0.15) is 20.8 Å². The second-order valence-corrected chi connectivity index (χ2v) is 4.71. The van der Waals surface area contributed by atoms with Crippen molar-refractivity contribution in [2.75, 3.05) is 27.3 Å². The van der Waals surface area contributed by atoms with E-state index in [-0.39, 0.29) is 6.29 Å². The smallest absolute Gasteiger partial charge is 0.154 e. The molecule has 0 aliphatic rings. The van der Waals surface area contributed by atoms with Crippen molar-refractivity contribution in [2.24, 2.45) is 0 Å². The lowest BCUT2D eigenvalue weighted by molar-refractivity contribution is -0.123. The first-order valence-electron chi connectivity index (χ1n) is 8.11. The molecule has 0 unspecified atom stereocenters. The fourth-order valence-corrected chi connectivity index (χ4v) is 1.78. The lowest BCUT2D eigenvalue weighted by Gasteiger charge is -2.09. The van der Waals surface area contributed by atoms with E-state index < -0.39 is 0 Å². The van der Waals surface area contributed by atoms with Gasteiger partial charge in [-0.1, -0.05) is 60.7 Å². The van der Waals surface area contributed by atoms with E-state index in [1.165, 1.54) is 11.1 Å². The first kappa shape index (κ1) is 21.3. The van der Waals surface area contributed by atoms with Gasteiger partial charge in [-0.15, -0.1) is 0 Å². The summed E-state index contributed by atoms with van der Waals surface area (Å²) in [5.41, 5.74) is 2.55. The summed E-state index contributed by atoms with van der Waals surface area (Å²) < 4.78 is 10.1. The first-order chi connectivity index (χ1) is 11.2. The van der Waals surface area contributed by atoms with E-state index in [1.807, 2.05) is 47.0 Å². The molecule has 0 amide bonds. The van der Waals surface area contributed by atoms with E-state index in [0.717, 1.165) is 13.2 Å². The SMILES string of the molecule is CCOC(C)OCC.CNC.c1ccc(-c2ccccc2)cc1. The molecule has 23 heavy (non-hydrogen) atoms. The van der Waals surface area contributed by atoms with Gasteiger partial charge in [-0.3, -0.25) is 0 Å².